The summed E-state index contributed by atoms with van der Waals surface area (Å²) in [7, 11) is 0. The van der Waals surface area contributed by atoms with E-state index in [1.54, 1.807) is 12.1 Å². The van der Waals surface area contributed by atoms with Gasteiger partial charge in [-0.05, 0) is 56.0 Å². The monoisotopic (exact) mass is 267 g/mol. The molecule has 0 unspecified atom stereocenters. The van der Waals surface area contributed by atoms with Gasteiger partial charge in [-0.15, -0.1) is 0 Å². The molecule has 0 spiro atoms. The number of halogens is 2. The fourth-order valence-corrected chi connectivity index (χ4v) is 2.76. The van der Waals surface area contributed by atoms with Gasteiger partial charge >= 0.3 is 0 Å². The zero-order chi connectivity index (χ0) is 13.0. The van der Waals surface area contributed by atoms with Gasteiger partial charge in [0.25, 0.3) is 0 Å². The molecule has 0 saturated carbocycles. The third kappa shape index (κ3) is 4.11. The summed E-state index contributed by atoms with van der Waals surface area (Å²) in [6.45, 7) is 6.64. The van der Waals surface area contributed by atoms with Crippen molar-refractivity contribution in [1.29, 1.82) is 0 Å². The van der Waals surface area contributed by atoms with Crippen molar-refractivity contribution >= 4 is 11.6 Å². The van der Waals surface area contributed by atoms with E-state index in [0.29, 0.717) is 11.0 Å². The quantitative estimate of drug-likeness (QED) is 0.801. The summed E-state index contributed by atoms with van der Waals surface area (Å²) >= 11 is 5.82. The third-order valence-electron chi connectivity index (χ3n) is 3.52. The Labute approximate surface area is 113 Å². The zero-order valence-electron chi connectivity index (χ0n) is 10.5. The third-order valence-corrected chi connectivity index (χ3v) is 3.64. The molecule has 0 atom stereocenters. The van der Waals surface area contributed by atoms with E-state index in [4.69, 9.17) is 11.6 Å². The minimum atomic E-state index is -0.136. The summed E-state index contributed by atoms with van der Waals surface area (Å²) in [5, 5.41) is 0.707. The molecule has 1 saturated heterocycles. The van der Waals surface area contributed by atoms with E-state index in [0.717, 1.165) is 44.5 Å². The van der Waals surface area contributed by atoms with Gasteiger partial charge in [-0.1, -0.05) is 30.3 Å². The fraction of sp³-hybridized carbons (Fsp3) is 0.467. The van der Waals surface area contributed by atoms with Gasteiger partial charge in [0, 0.05) is 11.6 Å². The highest BCUT2D eigenvalue weighted by Crippen LogP contribution is 2.22. The van der Waals surface area contributed by atoms with E-state index in [9.17, 15) is 4.39 Å². The molecular formula is C15H19ClFN. The van der Waals surface area contributed by atoms with Crippen molar-refractivity contribution in [3.8, 4) is 0 Å². The first kappa shape index (κ1) is 13.6. The molecule has 0 aliphatic carbocycles. The molecule has 0 bridgehead atoms. The van der Waals surface area contributed by atoms with Gasteiger partial charge in [0.05, 0.1) is 0 Å². The van der Waals surface area contributed by atoms with Crippen LogP contribution in [-0.2, 0) is 6.42 Å². The highest BCUT2D eigenvalue weighted by molar-refractivity contribution is 6.29. The minimum Gasteiger partial charge on any atom is -0.298 e. The van der Waals surface area contributed by atoms with E-state index >= 15 is 0 Å². The number of hydrogen-bond donors (Lipinski definition) is 0. The summed E-state index contributed by atoms with van der Waals surface area (Å²) in [6, 6.07) is 6.94. The Balaban J connectivity index is 1.81. The van der Waals surface area contributed by atoms with Gasteiger partial charge in [-0.3, -0.25) is 4.90 Å². The molecule has 98 valence electrons. The molecule has 1 aromatic carbocycles. The average molecular weight is 268 g/mol. The molecule has 1 fully saturated rings. The Morgan fingerprint density at radius 3 is 2.72 bits per heavy atom. The van der Waals surface area contributed by atoms with Crippen molar-refractivity contribution in [3.63, 3.8) is 0 Å². The van der Waals surface area contributed by atoms with Crippen molar-refractivity contribution < 1.29 is 4.39 Å². The van der Waals surface area contributed by atoms with Gasteiger partial charge in [-0.25, -0.2) is 4.39 Å². The Morgan fingerprint density at radius 1 is 1.39 bits per heavy atom. The van der Waals surface area contributed by atoms with Gasteiger partial charge < -0.3 is 0 Å². The SMILES string of the molecule is C=C(Cl)CN1CCC(Cc2cccc(F)c2)CC1. The topological polar surface area (TPSA) is 3.24 Å². The molecule has 18 heavy (non-hydrogen) atoms. The first-order valence-electron chi connectivity index (χ1n) is 6.43. The highest BCUT2D eigenvalue weighted by atomic mass is 35.5. The smallest absolute Gasteiger partial charge is 0.123 e. The van der Waals surface area contributed by atoms with Crippen molar-refractivity contribution in [2.75, 3.05) is 19.6 Å². The summed E-state index contributed by atoms with van der Waals surface area (Å²) in [5.41, 5.74) is 1.11. The maximum atomic E-state index is 13.1. The summed E-state index contributed by atoms with van der Waals surface area (Å²) in [5.74, 6) is 0.523. The van der Waals surface area contributed by atoms with Crippen LogP contribution in [0.25, 0.3) is 0 Å². The Kier molecular flexibility index (Phi) is 4.79. The molecule has 2 rings (SSSR count). The van der Waals surface area contributed by atoms with Gasteiger partial charge in [0.2, 0.25) is 0 Å². The lowest BCUT2D eigenvalue weighted by atomic mass is 9.90. The predicted molar refractivity (Wildman–Crippen MR) is 74.3 cm³/mol. The molecule has 1 aliphatic heterocycles. The molecule has 0 N–H and O–H groups in total. The lowest BCUT2D eigenvalue weighted by molar-refractivity contribution is 0.199. The van der Waals surface area contributed by atoms with E-state index in [-0.39, 0.29) is 5.82 Å². The molecule has 1 aromatic rings. The molecule has 0 amide bonds. The normalized spacial score (nSPS) is 17.9. The lowest BCUT2D eigenvalue weighted by Crippen LogP contribution is -2.35. The first-order valence-corrected chi connectivity index (χ1v) is 6.81. The van der Waals surface area contributed by atoms with Crippen molar-refractivity contribution in [2.24, 2.45) is 5.92 Å². The molecule has 1 nitrogen and oxygen atoms in total. The predicted octanol–water partition coefficient (Wildman–Crippen LogP) is 3.83. The molecule has 0 aromatic heterocycles. The number of nitrogens with zero attached hydrogens (tertiary/aromatic N) is 1. The van der Waals surface area contributed by atoms with E-state index < -0.39 is 0 Å². The van der Waals surface area contributed by atoms with Gasteiger partial charge in [-0.2, -0.15) is 0 Å². The van der Waals surface area contributed by atoms with E-state index in [2.05, 4.69) is 11.5 Å². The van der Waals surface area contributed by atoms with Crippen molar-refractivity contribution in [1.82, 2.24) is 4.90 Å². The van der Waals surface area contributed by atoms with Crippen LogP contribution in [0.15, 0.2) is 35.9 Å². The van der Waals surface area contributed by atoms with Crippen molar-refractivity contribution in [2.45, 2.75) is 19.3 Å². The largest absolute Gasteiger partial charge is 0.298 e. The zero-order valence-corrected chi connectivity index (χ0v) is 11.3. The van der Waals surface area contributed by atoms with Crippen LogP contribution in [0, 0.1) is 11.7 Å². The Bertz CT molecular complexity index is 411. The average Bonchev–Trinajstić information content (AvgIpc) is 2.31. The van der Waals surface area contributed by atoms with Crippen LogP contribution in [0.3, 0.4) is 0 Å². The minimum absolute atomic E-state index is 0.136. The van der Waals surface area contributed by atoms with Crippen LogP contribution < -0.4 is 0 Å². The molecule has 3 heteroatoms. The summed E-state index contributed by atoms with van der Waals surface area (Å²) < 4.78 is 13.1. The first-order chi connectivity index (χ1) is 8.63. The molecule has 0 radical (unpaired) electrons. The van der Waals surface area contributed by atoms with Gasteiger partial charge in [0.1, 0.15) is 5.82 Å². The van der Waals surface area contributed by atoms with Crippen LogP contribution in [0.4, 0.5) is 4.39 Å². The number of piperidine rings is 1. The number of benzene rings is 1. The second-order valence-electron chi connectivity index (χ2n) is 5.07. The Hall–Kier alpha value is -0.860. The maximum Gasteiger partial charge on any atom is 0.123 e. The van der Waals surface area contributed by atoms with E-state index in [1.807, 2.05) is 6.07 Å². The van der Waals surface area contributed by atoms with Crippen molar-refractivity contribution in [3.05, 3.63) is 47.3 Å². The summed E-state index contributed by atoms with van der Waals surface area (Å²) in [4.78, 5) is 2.33. The standard InChI is InChI=1S/C15H19ClFN/c1-12(16)11-18-7-5-13(6-8-18)9-14-3-2-4-15(17)10-14/h2-4,10,13H,1,5-9,11H2. The molecule has 1 heterocycles. The van der Waals surface area contributed by atoms with Crippen LogP contribution in [0.5, 0.6) is 0 Å². The fourth-order valence-electron chi connectivity index (χ4n) is 2.59. The highest BCUT2D eigenvalue weighted by Gasteiger charge is 2.19. The van der Waals surface area contributed by atoms with Crippen LogP contribution >= 0.6 is 11.6 Å². The van der Waals surface area contributed by atoms with Crippen LogP contribution in [0.2, 0.25) is 0 Å². The van der Waals surface area contributed by atoms with Crippen LogP contribution in [0.1, 0.15) is 18.4 Å². The summed E-state index contributed by atoms with van der Waals surface area (Å²) in [6.07, 6.45) is 3.29. The number of likely N-dealkylation sites (tertiary alicyclic amines) is 1. The Morgan fingerprint density at radius 2 is 2.11 bits per heavy atom. The van der Waals surface area contributed by atoms with Gasteiger partial charge in [0.15, 0.2) is 0 Å². The maximum absolute atomic E-state index is 13.1. The lowest BCUT2D eigenvalue weighted by Gasteiger charge is -2.31. The van der Waals surface area contributed by atoms with Crippen LogP contribution in [-0.4, -0.2) is 24.5 Å². The van der Waals surface area contributed by atoms with E-state index in [1.165, 1.54) is 6.07 Å². The molecule has 1 aliphatic rings. The second kappa shape index (κ2) is 6.35. The second-order valence-corrected chi connectivity index (χ2v) is 5.61. The molecular weight excluding hydrogens is 249 g/mol. The number of hydrogen-bond acceptors (Lipinski definition) is 1. The number of rotatable bonds is 4.